The topological polar surface area (TPSA) is 78.4 Å². The number of carboxylic acids is 1. The van der Waals surface area contributed by atoms with Gasteiger partial charge in [0.2, 0.25) is 0 Å². The molecule has 1 saturated carbocycles. The number of hydrogen-bond donors (Lipinski definition) is 3. The molecule has 0 aliphatic heterocycles. The number of amides is 2. The highest BCUT2D eigenvalue weighted by molar-refractivity contribution is 6.36. The molecule has 2 amide bonds. The van der Waals surface area contributed by atoms with E-state index in [1.165, 1.54) is 6.07 Å². The van der Waals surface area contributed by atoms with Gasteiger partial charge in [0.15, 0.2) is 0 Å². The number of carboxylic acid groups (broad SMARTS) is 1. The zero-order chi connectivity index (χ0) is 14.0. The summed E-state index contributed by atoms with van der Waals surface area (Å²) in [5.41, 5.74) is -0.370. The molecule has 3 N–H and O–H groups in total. The summed E-state index contributed by atoms with van der Waals surface area (Å²) in [6.07, 6.45) is 1.18. The second-order valence-electron chi connectivity index (χ2n) is 4.52. The number of anilines is 1. The van der Waals surface area contributed by atoms with E-state index >= 15 is 0 Å². The minimum atomic E-state index is -0.877. The maximum absolute atomic E-state index is 11.6. The first kappa shape index (κ1) is 14.0. The summed E-state index contributed by atoms with van der Waals surface area (Å²) in [5, 5.41) is 14.8. The van der Waals surface area contributed by atoms with Crippen LogP contribution in [0.4, 0.5) is 10.5 Å². The SMILES string of the molecule is O=C(NCC1(C(=O)O)CC1)Nc1ccc(Cl)cc1Cl. The Morgan fingerprint density at radius 1 is 1.32 bits per heavy atom. The number of hydrogen-bond acceptors (Lipinski definition) is 2. The lowest BCUT2D eigenvalue weighted by Crippen LogP contribution is -2.36. The van der Waals surface area contributed by atoms with E-state index in [1.807, 2.05) is 0 Å². The van der Waals surface area contributed by atoms with Crippen molar-refractivity contribution in [3.05, 3.63) is 28.2 Å². The molecule has 0 radical (unpaired) electrons. The van der Waals surface area contributed by atoms with Crippen LogP contribution in [0.3, 0.4) is 0 Å². The maximum atomic E-state index is 11.6. The predicted octanol–water partition coefficient (Wildman–Crippen LogP) is 2.98. The number of urea groups is 1. The fraction of sp³-hybridized carbons (Fsp3) is 0.333. The van der Waals surface area contributed by atoms with Gasteiger partial charge in [0, 0.05) is 11.6 Å². The van der Waals surface area contributed by atoms with Gasteiger partial charge in [-0.3, -0.25) is 4.79 Å². The summed E-state index contributed by atoms with van der Waals surface area (Å²) in [5.74, 6) is -0.877. The minimum absolute atomic E-state index is 0.110. The molecule has 0 atom stereocenters. The highest BCUT2D eigenvalue weighted by Crippen LogP contribution is 2.45. The van der Waals surface area contributed by atoms with Gasteiger partial charge in [0.25, 0.3) is 0 Å². The van der Waals surface area contributed by atoms with Gasteiger partial charge in [-0.25, -0.2) is 4.79 Å². The molecule has 102 valence electrons. The van der Waals surface area contributed by atoms with E-state index in [9.17, 15) is 9.59 Å². The lowest BCUT2D eigenvalue weighted by Gasteiger charge is -2.12. The number of carbonyl (C=O) groups is 2. The van der Waals surface area contributed by atoms with Gasteiger partial charge in [0.05, 0.1) is 16.1 Å². The van der Waals surface area contributed by atoms with Crippen molar-refractivity contribution in [2.45, 2.75) is 12.8 Å². The number of halogens is 2. The first-order valence-electron chi connectivity index (χ1n) is 5.66. The van der Waals surface area contributed by atoms with Gasteiger partial charge >= 0.3 is 12.0 Å². The van der Waals surface area contributed by atoms with Crippen molar-refractivity contribution in [2.24, 2.45) is 5.41 Å². The molecular weight excluding hydrogens is 291 g/mol. The second kappa shape index (κ2) is 5.27. The lowest BCUT2D eigenvalue weighted by molar-refractivity contribution is -0.143. The van der Waals surface area contributed by atoms with E-state index in [0.717, 1.165) is 0 Å². The highest BCUT2D eigenvalue weighted by atomic mass is 35.5. The molecular formula is C12H12Cl2N2O3. The maximum Gasteiger partial charge on any atom is 0.319 e. The Labute approximate surface area is 119 Å². The van der Waals surface area contributed by atoms with Gasteiger partial charge in [-0.2, -0.15) is 0 Å². The van der Waals surface area contributed by atoms with E-state index in [1.54, 1.807) is 12.1 Å². The van der Waals surface area contributed by atoms with Gasteiger partial charge in [-0.15, -0.1) is 0 Å². The van der Waals surface area contributed by atoms with Crippen LogP contribution in [0, 0.1) is 5.41 Å². The number of rotatable bonds is 4. The molecule has 0 bridgehead atoms. The first-order valence-corrected chi connectivity index (χ1v) is 6.42. The zero-order valence-electron chi connectivity index (χ0n) is 9.87. The number of benzene rings is 1. The van der Waals surface area contributed by atoms with E-state index in [2.05, 4.69) is 10.6 Å². The van der Waals surface area contributed by atoms with Crippen LogP contribution in [0.5, 0.6) is 0 Å². The van der Waals surface area contributed by atoms with Crippen molar-refractivity contribution in [1.82, 2.24) is 5.32 Å². The molecule has 1 aliphatic carbocycles. The predicted molar refractivity (Wildman–Crippen MR) is 72.8 cm³/mol. The summed E-state index contributed by atoms with van der Waals surface area (Å²) < 4.78 is 0. The Bertz CT molecular complexity index is 530. The normalized spacial score (nSPS) is 15.7. The highest BCUT2D eigenvalue weighted by Gasteiger charge is 2.50. The Hall–Kier alpha value is -1.46. The van der Waals surface area contributed by atoms with Gasteiger partial charge in [-0.1, -0.05) is 23.2 Å². The molecule has 1 aliphatic rings. The zero-order valence-corrected chi connectivity index (χ0v) is 11.4. The van der Waals surface area contributed by atoms with Crippen molar-refractivity contribution >= 4 is 40.9 Å². The van der Waals surface area contributed by atoms with Crippen LogP contribution in [-0.2, 0) is 4.79 Å². The number of carbonyl (C=O) groups excluding carboxylic acids is 1. The van der Waals surface area contributed by atoms with Crippen molar-refractivity contribution < 1.29 is 14.7 Å². The Balaban J connectivity index is 1.89. The van der Waals surface area contributed by atoms with Crippen LogP contribution in [-0.4, -0.2) is 23.7 Å². The molecule has 19 heavy (non-hydrogen) atoms. The fourth-order valence-electron chi connectivity index (χ4n) is 1.62. The van der Waals surface area contributed by atoms with Crippen LogP contribution in [0.15, 0.2) is 18.2 Å². The molecule has 0 aromatic heterocycles. The van der Waals surface area contributed by atoms with Crippen LogP contribution in [0.1, 0.15) is 12.8 Å². The van der Waals surface area contributed by atoms with Gasteiger partial charge in [0.1, 0.15) is 0 Å². The molecule has 0 spiro atoms. The molecule has 0 heterocycles. The first-order chi connectivity index (χ1) is 8.93. The number of nitrogens with one attached hydrogen (secondary N) is 2. The Morgan fingerprint density at radius 2 is 2.00 bits per heavy atom. The van der Waals surface area contributed by atoms with E-state index in [-0.39, 0.29) is 6.54 Å². The van der Waals surface area contributed by atoms with Crippen LogP contribution in [0.25, 0.3) is 0 Å². The van der Waals surface area contributed by atoms with Crippen LogP contribution < -0.4 is 10.6 Å². The molecule has 0 unspecified atom stereocenters. The Kier molecular flexibility index (Phi) is 3.87. The monoisotopic (exact) mass is 302 g/mol. The second-order valence-corrected chi connectivity index (χ2v) is 5.36. The fourth-order valence-corrected chi connectivity index (χ4v) is 2.08. The minimum Gasteiger partial charge on any atom is -0.481 e. The van der Waals surface area contributed by atoms with E-state index in [0.29, 0.717) is 28.6 Å². The smallest absolute Gasteiger partial charge is 0.319 e. The largest absolute Gasteiger partial charge is 0.481 e. The van der Waals surface area contributed by atoms with Crippen molar-refractivity contribution in [1.29, 1.82) is 0 Å². The van der Waals surface area contributed by atoms with Crippen molar-refractivity contribution in [2.75, 3.05) is 11.9 Å². The van der Waals surface area contributed by atoms with Crippen LogP contribution >= 0.6 is 23.2 Å². The molecule has 1 fully saturated rings. The molecule has 0 saturated heterocycles. The van der Waals surface area contributed by atoms with Gasteiger partial charge < -0.3 is 15.7 Å². The molecule has 5 nitrogen and oxygen atoms in total. The van der Waals surface area contributed by atoms with E-state index in [4.69, 9.17) is 28.3 Å². The average Bonchev–Trinajstić information content (AvgIpc) is 3.11. The third-order valence-corrected chi connectivity index (χ3v) is 3.62. The van der Waals surface area contributed by atoms with Crippen molar-refractivity contribution in [3.63, 3.8) is 0 Å². The average molecular weight is 303 g/mol. The molecule has 1 aromatic rings. The lowest BCUT2D eigenvalue weighted by atomic mass is 10.1. The van der Waals surface area contributed by atoms with Gasteiger partial charge in [-0.05, 0) is 31.0 Å². The van der Waals surface area contributed by atoms with Crippen LogP contribution in [0.2, 0.25) is 10.0 Å². The van der Waals surface area contributed by atoms with Crippen molar-refractivity contribution in [3.8, 4) is 0 Å². The summed E-state index contributed by atoms with van der Waals surface area (Å²) >= 11 is 11.6. The molecule has 1 aromatic carbocycles. The molecule has 2 rings (SSSR count). The summed E-state index contributed by atoms with van der Waals surface area (Å²) in [7, 11) is 0. The van der Waals surface area contributed by atoms with E-state index < -0.39 is 17.4 Å². The Morgan fingerprint density at radius 3 is 2.53 bits per heavy atom. The molecule has 7 heteroatoms. The summed E-state index contributed by atoms with van der Waals surface area (Å²) in [4.78, 5) is 22.6. The quantitative estimate of drug-likeness (QED) is 0.800. The number of aliphatic carboxylic acids is 1. The summed E-state index contributed by atoms with van der Waals surface area (Å²) in [6.45, 7) is 0.110. The third-order valence-electron chi connectivity index (χ3n) is 3.07. The summed E-state index contributed by atoms with van der Waals surface area (Å²) in [6, 6.07) is 4.20. The third kappa shape index (κ3) is 3.30. The standard InChI is InChI=1S/C12H12Cl2N2O3/c13-7-1-2-9(8(14)5-7)16-11(19)15-6-12(3-4-12)10(17)18/h1-2,5H,3-4,6H2,(H,17,18)(H2,15,16,19).